The lowest BCUT2D eigenvalue weighted by molar-refractivity contribution is 0.527. The molecular weight excluding hydrogens is 316 g/mol. The molecule has 2 aromatic rings. The Balaban J connectivity index is 2.57. The predicted octanol–water partition coefficient (Wildman–Crippen LogP) is 2.82. The van der Waals surface area contributed by atoms with E-state index in [4.69, 9.17) is 0 Å². The zero-order chi connectivity index (χ0) is 13.3. The van der Waals surface area contributed by atoms with Crippen molar-refractivity contribution in [3.8, 4) is 0 Å². The third-order valence-corrected chi connectivity index (χ3v) is 4.72. The van der Waals surface area contributed by atoms with Gasteiger partial charge in [0.15, 0.2) is 0 Å². The van der Waals surface area contributed by atoms with Gasteiger partial charge in [-0.3, -0.25) is 4.72 Å². The third-order valence-electron chi connectivity index (χ3n) is 2.59. The van der Waals surface area contributed by atoms with Crippen LogP contribution in [-0.2, 0) is 10.2 Å². The molecule has 0 spiro atoms. The number of fused-ring (bicyclic) bond motifs is 1. The van der Waals surface area contributed by atoms with E-state index in [2.05, 4.69) is 20.7 Å². The highest BCUT2D eigenvalue weighted by Gasteiger charge is 2.14. The average Bonchev–Trinajstić information content (AvgIpc) is 2.33. The molecule has 0 aliphatic rings. The van der Waals surface area contributed by atoms with Gasteiger partial charge in [-0.2, -0.15) is 12.7 Å². The van der Waals surface area contributed by atoms with Crippen molar-refractivity contribution in [1.82, 2.24) is 4.31 Å². The van der Waals surface area contributed by atoms with E-state index in [1.54, 1.807) is 6.07 Å². The van der Waals surface area contributed by atoms with Crippen LogP contribution >= 0.6 is 15.9 Å². The SMILES string of the molecule is CN(C)S(=O)(=O)Nc1ccc(Br)c2ccccc12. The van der Waals surface area contributed by atoms with Crippen molar-refractivity contribution in [1.29, 1.82) is 0 Å². The van der Waals surface area contributed by atoms with Crippen molar-refractivity contribution in [3.05, 3.63) is 40.9 Å². The number of anilines is 1. The van der Waals surface area contributed by atoms with Crippen molar-refractivity contribution in [2.24, 2.45) is 0 Å². The second-order valence-corrected chi connectivity index (χ2v) is 6.77. The summed E-state index contributed by atoms with van der Waals surface area (Å²) in [5.41, 5.74) is 0.572. The summed E-state index contributed by atoms with van der Waals surface area (Å²) >= 11 is 3.45. The zero-order valence-electron chi connectivity index (χ0n) is 10.0. The molecule has 0 fully saturated rings. The molecule has 2 aromatic carbocycles. The molecule has 0 atom stereocenters. The van der Waals surface area contributed by atoms with E-state index in [-0.39, 0.29) is 0 Å². The van der Waals surface area contributed by atoms with Gasteiger partial charge >= 0.3 is 10.2 Å². The van der Waals surface area contributed by atoms with Crippen LogP contribution in [0.1, 0.15) is 0 Å². The highest BCUT2D eigenvalue weighted by molar-refractivity contribution is 9.10. The first kappa shape index (κ1) is 13.3. The van der Waals surface area contributed by atoms with Gasteiger partial charge in [0.1, 0.15) is 0 Å². The molecule has 6 heteroatoms. The summed E-state index contributed by atoms with van der Waals surface area (Å²) in [7, 11) is -0.509. The average molecular weight is 329 g/mol. The lowest BCUT2D eigenvalue weighted by Crippen LogP contribution is -2.29. The summed E-state index contributed by atoms with van der Waals surface area (Å²) in [4.78, 5) is 0. The van der Waals surface area contributed by atoms with Crippen LogP contribution in [0.4, 0.5) is 5.69 Å². The summed E-state index contributed by atoms with van der Waals surface area (Å²) in [5, 5.41) is 1.83. The molecule has 0 aliphatic heterocycles. The molecule has 0 aliphatic carbocycles. The Kier molecular flexibility index (Phi) is 3.61. The predicted molar refractivity (Wildman–Crippen MR) is 77.9 cm³/mol. The van der Waals surface area contributed by atoms with Gasteiger partial charge in [-0.05, 0) is 17.5 Å². The summed E-state index contributed by atoms with van der Waals surface area (Å²) in [6.45, 7) is 0. The molecule has 0 saturated heterocycles. The standard InChI is InChI=1S/C12H13BrN2O2S/c1-15(2)18(16,17)14-12-8-7-11(13)9-5-3-4-6-10(9)12/h3-8,14H,1-2H3. The summed E-state index contributed by atoms with van der Waals surface area (Å²) < 4.78 is 28.3. The maximum atomic E-state index is 11.8. The fourth-order valence-electron chi connectivity index (χ4n) is 1.58. The summed E-state index contributed by atoms with van der Waals surface area (Å²) in [6, 6.07) is 11.2. The maximum absolute atomic E-state index is 11.8. The Morgan fingerprint density at radius 3 is 2.28 bits per heavy atom. The molecule has 0 aromatic heterocycles. The molecule has 0 heterocycles. The minimum atomic E-state index is -3.49. The van der Waals surface area contributed by atoms with Gasteiger partial charge < -0.3 is 0 Å². The lowest BCUT2D eigenvalue weighted by Gasteiger charge is -2.15. The number of hydrogen-bond acceptors (Lipinski definition) is 2. The number of halogens is 1. The van der Waals surface area contributed by atoms with Gasteiger partial charge in [0, 0.05) is 24.0 Å². The van der Waals surface area contributed by atoms with Gasteiger partial charge in [-0.25, -0.2) is 0 Å². The van der Waals surface area contributed by atoms with Crippen molar-refractivity contribution in [2.45, 2.75) is 0 Å². The lowest BCUT2D eigenvalue weighted by atomic mass is 10.1. The number of rotatable bonds is 3. The molecule has 18 heavy (non-hydrogen) atoms. The van der Waals surface area contributed by atoms with Crippen molar-refractivity contribution < 1.29 is 8.42 Å². The molecule has 0 bridgehead atoms. The van der Waals surface area contributed by atoms with E-state index in [1.807, 2.05) is 30.3 Å². The molecular formula is C12H13BrN2O2S. The van der Waals surface area contributed by atoms with Crippen LogP contribution < -0.4 is 4.72 Å². The molecule has 4 nitrogen and oxygen atoms in total. The van der Waals surface area contributed by atoms with Gasteiger partial charge in [0.05, 0.1) is 5.69 Å². The number of benzene rings is 2. The summed E-state index contributed by atoms with van der Waals surface area (Å²) in [6.07, 6.45) is 0. The Morgan fingerprint density at radius 2 is 1.67 bits per heavy atom. The minimum absolute atomic E-state index is 0.572. The molecule has 2 rings (SSSR count). The van der Waals surface area contributed by atoms with Crippen LogP contribution in [-0.4, -0.2) is 26.8 Å². The highest BCUT2D eigenvalue weighted by atomic mass is 79.9. The van der Waals surface area contributed by atoms with Crippen LogP contribution in [0.15, 0.2) is 40.9 Å². The fraction of sp³-hybridized carbons (Fsp3) is 0.167. The van der Waals surface area contributed by atoms with E-state index in [9.17, 15) is 8.42 Å². The van der Waals surface area contributed by atoms with Crippen LogP contribution in [0.2, 0.25) is 0 Å². The van der Waals surface area contributed by atoms with E-state index >= 15 is 0 Å². The normalized spacial score (nSPS) is 12.0. The van der Waals surface area contributed by atoms with Gasteiger partial charge in [0.2, 0.25) is 0 Å². The van der Waals surface area contributed by atoms with Gasteiger partial charge in [-0.15, -0.1) is 0 Å². The van der Waals surface area contributed by atoms with Crippen LogP contribution in [0.3, 0.4) is 0 Å². The van der Waals surface area contributed by atoms with Crippen molar-refractivity contribution in [3.63, 3.8) is 0 Å². The van der Waals surface area contributed by atoms with Crippen molar-refractivity contribution >= 4 is 42.6 Å². The van der Waals surface area contributed by atoms with Crippen LogP contribution in [0.25, 0.3) is 10.8 Å². The Labute approximate surface area is 115 Å². The van der Waals surface area contributed by atoms with Crippen LogP contribution in [0.5, 0.6) is 0 Å². The summed E-state index contributed by atoms with van der Waals surface area (Å²) in [5.74, 6) is 0. The molecule has 0 amide bonds. The number of nitrogens with zero attached hydrogens (tertiary/aromatic N) is 1. The first-order valence-corrected chi connectivity index (χ1v) is 7.52. The quantitative estimate of drug-likeness (QED) is 0.941. The number of hydrogen-bond donors (Lipinski definition) is 1. The third kappa shape index (κ3) is 2.50. The smallest absolute Gasteiger partial charge is 0.270 e. The second kappa shape index (κ2) is 4.87. The van der Waals surface area contributed by atoms with Crippen molar-refractivity contribution in [2.75, 3.05) is 18.8 Å². The molecule has 0 radical (unpaired) electrons. The second-order valence-electron chi connectivity index (χ2n) is 4.03. The minimum Gasteiger partial charge on any atom is -0.270 e. The highest BCUT2D eigenvalue weighted by Crippen LogP contribution is 2.30. The maximum Gasteiger partial charge on any atom is 0.301 e. The first-order valence-electron chi connectivity index (χ1n) is 5.29. The fourth-order valence-corrected chi connectivity index (χ4v) is 2.70. The molecule has 1 N–H and O–H groups in total. The van der Waals surface area contributed by atoms with Crippen LogP contribution in [0, 0.1) is 0 Å². The van der Waals surface area contributed by atoms with E-state index < -0.39 is 10.2 Å². The molecule has 96 valence electrons. The topological polar surface area (TPSA) is 49.4 Å². The Hall–Kier alpha value is -1.11. The monoisotopic (exact) mass is 328 g/mol. The first-order chi connectivity index (χ1) is 8.42. The van der Waals surface area contributed by atoms with Gasteiger partial charge in [-0.1, -0.05) is 40.2 Å². The Morgan fingerprint density at radius 1 is 1.06 bits per heavy atom. The van der Waals surface area contributed by atoms with E-state index in [0.29, 0.717) is 5.69 Å². The van der Waals surface area contributed by atoms with E-state index in [0.717, 1.165) is 19.6 Å². The zero-order valence-corrected chi connectivity index (χ0v) is 12.4. The largest absolute Gasteiger partial charge is 0.301 e. The molecule has 0 saturated carbocycles. The van der Waals surface area contributed by atoms with E-state index in [1.165, 1.54) is 14.1 Å². The number of nitrogens with one attached hydrogen (secondary N) is 1. The Bertz CT molecular complexity index is 684. The molecule has 0 unspecified atom stereocenters. The van der Waals surface area contributed by atoms with Gasteiger partial charge in [0.25, 0.3) is 0 Å².